The van der Waals surface area contributed by atoms with Crippen LogP contribution in [0.3, 0.4) is 0 Å². The predicted octanol–water partition coefficient (Wildman–Crippen LogP) is 1.43. The summed E-state index contributed by atoms with van der Waals surface area (Å²) in [6.45, 7) is 10.8. The van der Waals surface area contributed by atoms with Crippen molar-refractivity contribution < 1.29 is 0 Å². The van der Waals surface area contributed by atoms with Crippen LogP contribution in [0.1, 0.15) is 39.2 Å². The number of hydrogen-bond donors (Lipinski definition) is 1. The van der Waals surface area contributed by atoms with Crippen molar-refractivity contribution in [1.29, 1.82) is 0 Å². The van der Waals surface area contributed by atoms with Crippen molar-refractivity contribution in [3.63, 3.8) is 0 Å². The summed E-state index contributed by atoms with van der Waals surface area (Å²) in [6.07, 6.45) is 3.42. The maximum atomic E-state index is 4.36. The topological polar surface area (TPSA) is 60.6 Å². The molecule has 0 spiro atoms. The van der Waals surface area contributed by atoms with E-state index in [2.05, 4.69) is 48.2 Å². The zero-order valence-corrected chi connectivity index (χ0v) is 12.1. The van der Waals surface area contributed by atoms with E-state index in [4.69, 9.17) is 0 Å². The van der Waals surface area contributed by atoms with Crippen LogP contribution in [0, 0.1) is 0 Å². The molecule has 0 fully saturated rings. The molecule has 0 saturated heterocycles. The molecule has 1 N–H and O–H groups in total. The first-order chi connectivity index (χ1) is 8.99. The highest BCUT2D eigenvalue weighted by Crippen LogP contribution is 2.06. The molecule has 6 nitrogen and oxygen atoms in total. The fourth-order valence-corrected chi connectivity index (χ4v) is 1.82. The first-order valence-corrected chi connectivity index (χ1v) is 6.62. The molecule has 0 aliphatic carbocycles. The van der Waals surface area contributed by atoms with E-state index < -0.39 is 0 Å². The molecule has 0 bridgehead atoms. The van der Waals surface area contributed by atoms with E-state index in [1.54, 1.807) is 6.33 Å². The quantitative estimate of drug-likeness (QED) is 0.885. The predicted molar refractivity (Wildman–Crippen MR) is 73.6 cm³/mol. The van der Waals surface area contributed by atoms with E-state index in [1.165, 1.54) is 0 Å². The summed E-state index contributed by atoms with van der Waals surface area (Å²) in [5, 5.41) is 12.0. The third-order valence-corrected chi connectivity index (χ3v) is 2.89. The van der Waals surface area contributed by atoms with E-state index in [0.717, 1.165) is 24.6 Å². The van der Waals surface area contributed by atoms with Crippen molar-refractivity contribution in [3.8, 4) is 0 Å². The lowest BCUT2D eigenvalue weighted by atomic mass is 10.1. The Morgan fingerprint density at radius 2 is 2.00 bits per heavy atom. The van der Waals surface area contributed by atoms with Gasteiger partial charge in [0.05, 0.1) is 5.69 Å². The summed E-state index contributed by atoms with van der Waals surface area (Å²) in [7, 11) is 0. The smallest absolute Gasteiger partial charge is 0.148 e. The Balaban J connectivity index is 2.07. The van der Waals surface area contributed by atoms with E-state index in [9.17, 15) is 0 Å². The molecule has 2 heterocycles. The Bertz CT molecular complexity index is 519. The lowest BCUT2D eigenvalue weighted by molar-refractivity contribution is 0.412. The van der Waals surface area contributed by atoms with Gasteiger partial charge in [0.25, 0.3) is 0 Å². The SMILES string of the molecule is CCn1ncnc1Cn1nccc1CNC(C)(C)C. The van der Waals surface area contributed by atoms with Crippen LogP contribution in [0.4, 0.5) is 0 Å². The van der Waals surface area contributed by atoms with Crippen LogP contribution >= 0.6 is 0 Å². The Morgan fingerprint density at radius 1 is 1.21 bits per heavy atom. The molecule has 104 valence electrons. The van der Waals surface area contributed by atoms with Crippen LogP contribution in [0.25, 0.3) is 0 Å². The van der Waals surface area contributed by atoms with Crippen LogP contribution in [0.2, 0.25) is 0 Å². The molecule has 0 atom stereocenters. The normalized spacial score (nSPS) is 12.0. The Labute approximate surface area is 113 Å². The second-order valence-corrected chi connectivity index (χ2v) is 5.58. The summed E-state index contributed by atoms with van der Waals surface area (Å²) >= 11 is 0. The van der Waals surface area contributed by atoms with Crippen LogP contribution in [-0.4, -0.2) is 30.1 Å². The summed E-state index contributed by atoms with van der Waals surface area (Å²) in [6, 6.07) is 2.03. The van der Waals surface area contributed by atoms with Gasteiger partial charge in [-0.1, -0.05) is 0 Å². The number of rotatable bonds is 5. The largest absolute Gasteiger partial charge is 0.306 e. The minimum absolute atomic E-state index is 0.0958. The molecule has 2 rings (SSSR count). The number of aromatic nitrogens is 5. The number of nitrogens with one attached hydrogen (secondary N) is 1. The zero-order valence-electron chi connectivity index (χ0n) is 12.1. The van der Waals surface area contributed by atoms with Gasteiger partial charge in [-0.15, -0.1) is 0 Å². The Hall–Kier alpha value is -1.69. The highest BCUT2D eigenvalue weighted by molar-refractivity contribution is 5.03. The molecule has 0 unspecified atom stereocenters. The lowest BCUT2D eigenvalue weighted by Gasteiger charge is -2.20. The molecule has 19 heavy (non-hydrogen) atoms. The first-order valence-electron chi connectivity index (χ1n) is 6.62. The van der Waals surface area contributed by atoms with Gasteiger partial charge in [0, 0.05) is 24.8 Å². The van der Waals surface area contributed by atoms with Gasteiger partial charge in [0.1, 0.15) is 18.7 Å². The maximum Gasteiger partial charge on any atom is 0.148 e. The molecular formula is C13H22N6. The van der Waals surface area contributed by atoms with Crippen molar-refractivity contribution in [2.45, 2.75) is 52.9 Å². The van der Waals surface area contributed by atoms with Gasteiger partial charge < -0.3 is 5.32 Å². The standard InChI is InChI=1S/C13H22N6/c1-5-18-12(14-10-17-18)9-19-11(6-7-16-19)8-15-13(2,3)4/h6-7,10,15H,5,8-9H2,1-4H3. The van der Waals surface area contributed by atoms with Crippen molar-refractivity contribution in [2.75, 3.05) is 0 Å². The van der Waals surface area contributed by atoms with Crippen molar-refractivity contribution in [2.24, 2.45) is 0 Å². The fraction of sp³-hybridized carbons (Fsp3) is 0.615. The van der Waals surface area contributed by atoms with Gasteiger partial charge in [0.2, 0.25) is 0 Å². The molecule has 0 aliphatic rings. The first kappa shape index (κ1) is 13.7. The molecule has 0 amide bonds. The summed E-state index contributed by atoms with van der Waals surface area (Å²) < 4.78 is 3.86. The number of hydrogen-bond acceptors (Lipinski definition) is 4. The van der Waals surface area contributed by atoms with Gasteiger partial charge >= 0.3 is 0 Å². The molecule has 6 heteroatoms. The second-order valence-electron chi connectivity index (χ2n) is 5.58. The minimum Gasteiger partial charge on any atom is -0.306 e. The van der Waals surface area contributed by atoms with Crippen molar-refractivity contribution in [3.05, 3.63) is 30.1 Å². The maximum absolute atomic E-state index is 4.36. The summed E-state index contributed by atoms with van der Waals surface area (Å²) in [5.41, 5.74) is 1.25. The molecular weight excluding hydrogens is 240 g/mol. The van der Waals surface area contributed by atoms with E-state index in [-0.39, 0.29) is 5.54 Å². The van der Waals surface area contributed by atoms with Gasteiger partial charge in [0.15, 0.2) is 0 Å². The number of aryl methyl sites for hydroxylation is 1. The molecule has 2 aromatic heterocycles. The van der Waals surface area contributed by atoms with Gasteiger partial charge in [-0.3, -0.25) is 4.68 Å². The van der Waals surface area contributed by atoms with Crippen LogP contribution in [0.5, 0.6) is 0 Å². The van der Waals surface area contributed by atoms with Gasteiger partial charge in [-0.25, -0.2) is 9.67 Å². The van der Waals surface area contributed by atoms with E-state index in [1.807, 2.05) is 21.6 Å². The zero-order chi connectivity index (χ0) is 13.9. The Kier molecular flexibility index (Phi) is 3.99. The third kappa shape index (κ3) is 3.64. The van der Waals surface area contributed by atoms with Crippen LogP contribution in [0.15, 0.2) is 18.6 Å². The highest BCUT2D eigenvalue weighted by atomic mass is 15.4. The van der Waals surface area contributed by atoms with Crippen LogP contribution in [-0.2, 0) is 19.6 Å². The fourth-order valence-electron chi connectivity index (χ4n) is 1.82. The second kappa shape index (κ2) is 5.52. The van der Waals surface area contributed by atoms with Crippen molar-refractivity contribution >= 4 is 0 Å². The van der Waals surface area contributed by atoms with Crippen molar-refractivity contribution in [1.82, 2.24) is 29.9 Å². The minimum atomic E-state index is 0.0958. The van der Waals surface area contributed by atoms with E-state index >= 15 is 0 Å². The van der Waals surface area contributed by atoms with E-state index in [0.29, 0.717) is 6.54 Å². The summed E-state index contributed by atoms with van der Waals surface area (Å²) in [4.78, 5) is 4.28. The Morgan fingerprint density at radius 3 is 2.68 bits per heavy atom. The average molecular weight is 262 g/mol. The molecule has 2 aromatic rings. The molecule has 0 aromatic carbocycles. The molecule has 0 aliphatic heterocycles. The monoisotopic (exact) mass is 262 g/mol. The number of nitrogens with zero attached hydrogens (tertiary/aromatic N) is 5. The van der Waals surface area contributed by atoms with Gasteiger partial charge in [-0.05, 0) is 33.8 Å². The van der Waals surface area contributed by atoms with Crippen LogP contribution < -0.4 is 5.32 Å². The average Bonchev–Trinajstić information content (AvgIpc) is 2.95. The third-order valence-electron chi connectivity index (χ3n) is 2.89. The molecule has 0 radical (unpaired) electrons. The highest BCUT2D eigenvalue weighted by Gasteiger charge is 2.12. The summed E-state index contributed by atoms with van der Waals surface area (Å²) in [5.74, 6) is 0.934. The van der Waals surface area contributed by atoms with Gasteiger partial charge in [-0.2, -0.15) is 10.2 Å². The molecule has 0 saturated carbocycles. The lowest BCUT2D eigenvalue weighted by Crippen LogP contribution is -2.35.